The van der Waals surface area contributed by atoms with Gasteiger partial charge >= 0.3 is 0 Å². The number of hydrogen-bond donors (Lipinski definition) is 3. The van der Waals surface area contributed by atoms with Gasteiger partial charge in [-0.2, -0.15) is 0 Å². The summed E-state index contributed by atoms with van der Waals surface area (Å²) in [5, 5.41) is 5.88. The fourth-order valence-corrected chi connectivity index (χ4v) is 2.90. The topological polar surface area (TPSA) is 84.2 Å². The largest absolute Gasteiger partial charge is 0.349 e. The lowest BCUT2D eigenvalue weighted by atomic mass is 9.81. The first-order valence-corrected chi connectivity index (χ1v) is 7.89. The summed E-state index contributed by atoms with van der Waals surface area (Å²) in [6.07, 6.45) is 1.85. The lowest BCUT2D eigenvalue weighted by Gasteiger charge is -2.30. The van der Waals surface area contributed by atoms with Crippen LogP contribution in [-0.2, 0) is 16.0 Å². The molecule has 0 aromatic heterocycles. The number of nitrogens with two attached hydrogens (primary N) is 1. The average Bonchev–Trinajstić information content (AvgIpc) is 2.88. The number of nitrogens with one attached hydrogen (secondary N) is 2. The highest BCUT2D eigenvalue weighted by atomic mass is 16.2. The Morgan fingerprint density at radius 2 is 2.09 bits per heavy atom. The van der Waals surface area contributed by atoms with Crippen molar-refractivity contribution in [2.24, 2.45) is 11.1 Å². The van der Waals surface area contributed by atoms with Crippen LogP contribution in [0.15, 0.2) is 18.2 Å². The number of rotatable bonds is 6. The molecule has 0 saturated carbocycles. The molecule has 5 heteroatoms. The second kappa shape index (κ2) is 6.48. The molecule has 22 heavy (non-hydrogen) atoms. The number of fused-ring (bicyclic) bond motifs is 1. The van der Waals surface area contributed by atoms with E-state index in [4.69, 9.17) is 5.73 Å². The Hall–Kier alpha value is -1.88. The van der Waals surface area contributed by atoms with Crippen molar-refractivity contribution in [2.45, 2.75) is 46.1 Å². The summed E-state index contributed by atoms with van der Waals surface area (Å²) in [5.41, 5.74) is 8.18. The number of hydrogen-bond acceptors (Lipinski definition) is 3. The summed E-state index contributed by atoms with van der Waals surface area (Å²) < 4.78 is 0. The normalized spacial score (nSPS) is 15.2. The first-order valence-electron chi connectivity index (χ1n) is 7.89. The molecular weight excluding hydrogens is 278 g/mol. The van der Waals surface area contributed by atoms with Crippen molar-refractivity contribution in [3.05, 3.63) is 29.3 Å². The van der Waals surface area contributed by atoms with Crippen molar-refractivity contribution < 1.29 is 9.59 Å². The van der Waals surface area contributed by atoms with E-state index in [0.29, 0.717) is 13.0 Å². The van der Waals surface area contributed by atoms with Crippen LogP contribution in [0.25, 0.3) is 0 Å². The molecule has 0 saturated heterocycles. The van der Waals surface area contributed by atoms with Crippen LogP contribution < -0.4 is 16.4 Å². The highest BCUT2D eigenvalue weighted by Crippen LogP contribution is 2.29. The van der Waals surface area contributed by atoms with Crippen molar-refractivity contribution in [2.75, 3.05) is 11.9 Å². The van der Waals surface area contributed by atoms with E-state index in [-0.39, 0.29) is 17.9 Å². The van der Waals surface area contributed by atoms with Gasteiger partial charge < -0.3 is 16.4 Å². The molecule has 2 rings (SSSR count). The molecule has 1 heterocycles. The van der Waals surface area contributed by atoms with Gasteiger partial charge in [0.15, 0.2) is 0 Å². The summed E-state index contributed by atoms with van der Waals surface area (Å²) >= 11 is 0. The molecule has 1 aliphatic rings. The molecule has 1 aromatic carbocycles. The van der Waals surface area contributed by atoms with Gasteiger partial charge in [-0.3, -0.25) is 9.59 Å². The maximum atomic E-state index is 12.6. The van der Waals surface area contributed by atoms with Gasteiger partial charge in [-0.25, -0.2) is 0 Å². The number of carbonyl (C=O) groups is 2. The summed E-state index contributed by atoms with van der Waals surface area (Å²) in [6, 6.07) is 5.71. The molecule has 5 nitrogen and oxygen atoms in total. The molecule has 0 fully saturated rings. The molecule has 1 aliphatic heterocycles. The van der Waals surface area contributed by atoms with Crippen LogP contribution >= 0.6 is 0 Å². The van der Waals surface area contributed by atoms with E-state index in [1.54, 1.807) is 0 Å². The highest BCUT2D eigenvalue weighted by Gasteiger charge is 2.34. The molecule has 4 N–H and O–H groups in total. The quantitative estimate of drug-likeness (QED) is 0.752. The molecular formula is C17H25N3O2. The predicted molar refractivity (Wildman–Crippen MR) is 87.4 cm³/mol. The molecule has 0 radical (unpaired) electrons. The van der Waals surface area contributed by atoms with E-state index >= 15 is 0 Å². The van der Waals surface area contributed by atoms with Crippen molar-refractivity contribution >= 4 is 17.5 Å². The minimum atomic E-state index is -0.498. The highest BCUT2D eigenvalue weighted by molar-refractivity contribution is 5.99. The third-order valence-corrected chi connectivity index (χ3v) is 4.83. The van der Waals surface area contributed by atoms with Gasteiger partial charge in [0.05, 0.1) is 17.9 Å². The number of anilines is 1. The van der Waals surface area contributed by atoms with E-state index in [9.17, 15) is 9.59 Å². The Morgan fingerprint density at radius 1 is 1.41 bits per heavy atom. The minimum Gasteiger partial charge on any atom is -0.349 e. The Bertz CT molecular complexity index is 571. The fraction of sp³-hybridized carbons (Fsp3) is 0.529. The van der Waals surface area contributed by atoms with Crippen molar-refractivity contribution in [3.8, 4) is 0 Å². The van der Waals surface area contributed by atoms with Crippen LogP contribution in [0, 0.1) is 5.41 Å². The second-order valence-electron chi connectivity index (χ2n) is 6.03. The Balaban J connectivity index is 2.13. The predicted octanol–water partition coefficient (Wildman–Crippen LogP) is 2.12. The van der Waals surface area contributed by atoms with Crippen LogP contribution in [0.4, 0.5) is 5.69 Å². The second-order valence-corrected chi connectivity index (χ2v) is 6.03. The van der Waals surface area contributed by atoms with Crippen LogP contribution in [0.2, 0.25) is 0 Å². The van der Waals surface area contributed by atoms with Gasteiger partial charge in [-0.15, -0.1) is 0 Å². The molecule has 120 valence electrons. The van der Waals surface area contributed by atoms with Gasteiger partial charge in [0.1, 0.15) is 0 Å². The third-order valence-electron chi connectivity index (χ3n) is 4.83. The first-order chi connectivity index (χ1) is 10.5. The van der Waals surface area contributed by atoms with E-state index in [0.717, 1.165) is 29.7 Å². The van der Waals surface area contributed by atoms with E-state index in [1.807, 2.05) is 39.0 Å². The van der Waals surface area contributed by atoms with Crippen LogP contribution in [-0.4, -0.2) is 18.4 Å². The summed E-state index contributed by atoms with van der Waals surface area (Å²) in [6.45, 7) is 6.29. The van der Waals surface area contributed by atoms with Crippen molar-refractivity contribution in [1.82, 2.24) is 5.32 Å². The van der Waals surface area contributed by atoms with Gasteiger partial charge in [0, 0.05) is 12.2 Å². The van der Waals surface area contributed by atoms with Crippen molar-refractivity contribution in [3.63, 3.8) is 0 Å². The minimum absolute atomic E-state index is 0.00204. The van der Waals surface area contributed by atoms with Crippen LogP contribution in [0.5, 0.6) is 0 Å². The van der Waals surface area contributed by atoms with Gasteiger partial charge in [0.25, 0.3) is 0 Å². The number of carbonyl (C=O) groups excluding carboxylic acids is 2. The van der Waals surface area contributed by atoms with Gasteiger partial charge in [0.2, 0.25) is 11.8 Å². The molecule has 0 bridgehead atoms. The van der Waals surface area contributed by atoms with Crippen molar-refractivity contribution in [1.29, 1.82) is 0 Å². The fourth-order valence-electron chi connectivity index (χ4n) is 2.90. The molecule has 0 spiro atoms. The van der Waals surface area contributed by atoms with E-state index in [2.05, 4.69) is 10.6 Å². The Labute approximate surface area is 131 Å². The van der Waals surface area contributed by atoms with Gasteiger partial charge in [-0.05, 0) is 37.0 Å². The maximum Gasteiger partial charge on any atom is 0.228 e. The van der Waals surface area contributed by atoms with E-state index < -0.39 is 5.41 Å². The van der Waals surface area contributed by atoms with E-state index in [1.165, 1.54) is 0 Å². The van der Waals surface area contributed by atoms with Gasteiger partial charge in [-0.1, -0.05) is 26.0 Å². The molecule has 1 unspecified atom stereocenters. The zero-order valence-corrected chi connectivity index (χ0v) is 13.5. The monoisotopic (exact) mass is 303 g/mol. The Kier molecular flexibility index (Phi) is 4.86. The van der Waals surface area contributed by atoms with Crippen LogP contribution in [0.3, 0.4) is 0 Å². The smallest absolute Gasteiger partial charge is 0.228 e. The lowest BCUT2D eigenvalue weighted by molar-refractivity contribution is -0.131. The molecule has 1 atom stereocenters. The number of benzene rings is 1. The first kappa shape index (κ1) is 16.5. The Morgan fingerprint density at radius 3 is 2.68 bits per heavy atom. The zero-order chi connectivity index (χ0) is 16.3. The third kappa shape index (κ3) is 2.99. The zero-order valence-electron chi connectivity index (χ0n) is 13.5. The average molecular weight is 303 g/mol. The molecule has 2 amide bonds. The lowest BCUT2D eigenvalue weighted by Crippen LogP contribution is -2.46. The molecule has 0 aliphatic carbocycles. The maximum absolute atomic E-state index is 12.6. The summed E-state index contributed by atoms with van der Waals surface area (Å²) in [4.78, 5) is 24.0. The summed E-state index contributed by atoms with van der Waals surface area (Å²) in [7, 11) is 0. The molecule has 1 aromatic rings. The SMILES string of the molecule is CCC(CC)(CN)C(=O)NC(C)c1ccc2c(c1)CC(=O)N2. The standard InChI is InChI=1S/C17H25N3O2/c1-4-17(5-2,10-18)16(22)19-11(3)12-6-7-14-13(8-12)9-15(21)20-14/h6-8,11H,4-5,9-10,18H2,1-3H3,(H,19,22)(H,20,21). The number of amides is 2. The van der Waals surface area contributed by atoms with Crippen LogP contribution in [0.1, 0.15) is 50.8 Å². The summed E-state index contributed by atoms with van der Waals surface area (Å²) in [5.74, 6) is 0.0187.